The minimum Gasteiger partial charge on any atom is -0.491 e. The Morgan fingerprint density at radius 3 is 0.935 bits per heavy atom. The normalized spacial score (nSPS) is 11.5. The van der Waals surface area contributed by atoms with Gasteiger partial charge in [-0.15, -0.1) is 0 Å². The molecule has 0 aliphatic carbocycles. The SMILES string of the molecule is OCCOc1ccc2ccccc2c1-c1c(OCc2ccc3ccc(COc4ccc5ccccc5c4-c4c(OCCO)ccc5ccccc45)cc3c2)ccc2ccccc12. The summed E-state index contributed by atoms with van der Waals surface area (Å²) in [7, 11) is 0. The van der Waals surface area contributed by atoms with Gasteiger partial charge < -0.3 is 29.2 Å². The first-order chi connectivity index (χ1) is 30.7. The fourth-order valence-corrected chi connectivity index (χ4v) is 8.68. The average Bonchev–Trinajstić information content (AvgIpc) is 3.33. The van der Waals surface area contributed by atoms with Crippen LogP contribution in [0.15, 0.2) is 182 Å². The van der Waals surface area contributed by atoms with E-state index in [1.807, 2.05) is 60.7 Å². The van der Waals surface area contributed by atoms with Gasteiger partial charge >= 0.3 is 0 Å². The Balaban J connectivity index is 0.977. The third kappa shape index (κ3) is 7.51. The maximum Gasteiger partial charge on any atom is 0.128 e. The van der Waals surface area contributed by atoms with Crippen molar-refractivity contribution in [3.8, 4) is 45.3 Å². The summed E-state index contributed by atoms with van der Waals surface area (Å²) in [6.45, 7) is 0.909. The van der Waals surface area contributed by atoms with Crippen LogP contribution in [0.2, 0.25) is 0 Å². The summed E-state index contributed by atoms with van der Waals surface area (Å²) in [6, 6.07) is 62.6. The van der Waals surface area contributed by atoms with Crippen LogP contribution in [0.5, 0.6) is 23.0 Å². The molecule has 0 saturated heterocycles. The van der Waals surface area contributed by atoms with Crippen molar-refractivity contribution in [2.45, 2.75) is 13.2 Å². The first-order valence-corrected chi connectivity index (χ1v) is 21.0. The number of hydrogen-bond donors (Lipinski definition) is 2. The van der Waals surface area contributed by atoms with Crippen molar-refractivity contribution in [1.29, 1.82) is 0 Å². The smallest absolute Gasteiger partial charge is 0.128 e. The van der Waals surface area contributed by atoms with Gasteiger partial charge in [0.05, 0.1) is 13.2 Å². The topological polar surface area (TPSA) is 77.4 Å². The molecule has 0 spiro atoms. The van der Waals surface area contributed by atoms with Crippen molar-refractivity contribution >= 4 is 53.9 Å². The van der Waals surface area contributed by atoms with Gasteiger partial charge in [0.2, 0.25) is 0 Å². The van der Waals surface area contributed by atoms with Crippen LogP contribution in [0.1, 0.15) is 11.1 Å². The average molecular weight is 813 g/mol. The predicted octanol–water partition coefficient (Wildman–Crippen LogP) is 12.7. The Hall–Kier alpha value is -7.38. The molecule has 0 saturated carbocycles. The highest BCUT2D eigenvalue weighted by atomic mass is 16.5. The maximum absolute atomic E-state index is 9.70. The Kier molecular flexibility index (Phi) is 10.8. The van der Waals surface area contributed by atoms with Gasteiger partial charge in [-0.1, -0.05) is 146 Å². The van der Waals surface area contributed by atoms with E-state index in [9.17, 15) is 10.2 Å². The van der Waals surface area contributed by atoms with E-state index in [1.165, 1.54) is 0 Å². The number of rotatable bonds is 14. The van der Waals surface area contributed by atoms with E-state index in [2.05, 4.69) is 121 Å². The van der Waals surface area contributed by atoms with E-state index in [0.717, 1.165) is 98.7 Å². The Labute approximate surface area is 359 Å². The van der Waals surface area contributed by atoms with Crippen molar-refractivity contribution in [2.24, 2.45) is 0 Å². The van der Waals surface area contributed by atoms with Crippen molar-refractivity contribution < 1.29 is 29.2 Å². The van der Waals surface area contributed by atoms with Gasteiger partial charge in [0, 0.05) is 22.3 Å². The lowest BCUT2D eigenvalue weighted by Crippen LogP contribution is -2.04. The first-order valence-electron chi connectivity index (χ1n) is 21.0. The zero-order valence-corrected chi connectivity index (χ0v) is 34.1. The summed E-state index contributed by atoms with van der Waals surface area (Å²) < 4.78 is 25.9. The lowest BCUT2D eigenvalue weighted by atomic mass is 9.92. The molecule has 6 nitrogen and oxygen atoms in total. The third-order valence-electron chi connectivity index (χ3n) is 11.5. The zero-order chi connectivity index (χ0) is 41.8. The molecule has 0 aliphatic heterocycles. The lowest BCUT2D eigenvalue weighted by Gasteiger charge is -2.20. The van der Waals surface area contributed by atoms with Crippen LogP contribution in [-0.4, -0.2) is 36.6 Å². The molecule has 0 bridgehead atoms. The molecule has 10 aromatic carbocycles. The highest BCUT2D eigenvalue weighted by molar-refractivity contribution is 6.11. The number of aliphatic hydroxyl groups excluding tert-OH is 2. The quantitative estimate of drug-likeness (QED) is 0.114. The molecule has 0 amide bonds. The molecule has 0 aromatic heterocycles. The van der Waals surface area contributed by atoms with Crippen LogP contribution in [0.3, 0.4) is 0 Å². The van der Waals surface area contributed by atoms with Gasteiger partial charge in [-0.3, -0.25) is 0 Å². The largest absolute Gasteiger partial charge is 0.491 e. The van der Waals surface area contributed by atoms with E-state index in [1.54, 1.807) is 0 Å². The second kappa shape index (κ2) is 17.3. The molecule has 0 radical (unpaired) electrons. The Morgan fingerprint density at radius 2 is 0.597 bits per heavy atom. The van der Waals surface area contributed by atoms with Crippen LogP contribution in [-0.2, 0) is 13.2 Å². The van der Waals surface area contributed by atoms with Crippen molar-refractivity contribution in [2.75, 3.05) is 26.4 Å². The lowest BCUT2D eigenvalue weighted by molar-refractivity contribution is 0.202. The number of fused-ring (bicyclic) bond motifs is 5. The minimum absolute atomic E-state index is 0.0844. The van der Waals surface area contributed by atoms with E-state index in [0.29, 0.717) is 24.7 Å². The van der Waals surface area contributed by atoms with Crippen LogP contribution >= 0.6 is 0 Å². The molecule has 0 aliphatic rings. The molecule has 2 N–H and O–H groups in total. The molecular weight excluding hydrogens is 769 g/mol. The summed E-state index contributed by atoms with van der Waals surface area (Å²) in [5.74, 6) is 2.89. The van der Waals surface area contributed by atoms with E-state index in [-0.39, 0.29) is 26.4 Å². The van der Waals surface area contributed by atoms with Crippen LogP contribution in [0.25, 0.3) is 76.1 Å². The Bertz CT molecular complexity index is 3030. The molecule has 10 rings (SSSR count). The van der Waals surface area contributed by atoms with E-state index < -0.39 is 0 Å². The van der Waals surface area contributed by atoms with Crippen LogP contribution in [0, 0.1) is 0 Å². The van der Waals surface area contributed by atoms with Gasteiger partial charge in [0.1, 0.15) is 49.4 Å². The molecule has 0 unspecified atom stereocenters. The minimum atomic E-state index is -0.0844. The van der Waals surface area contributed by atoms with Gasteiger partial charge in [-0.2, -0.15) is 0 Å². The molecule has 6 heteroatoms. The highest BCUT2D eigenvalue weighted by Crippen LogP contribution is 2.47. The zero-order valence-electron chi connectivity index (χ0n) is 34.1. The standard InChI is InChI=1S/C56H44O6/c57-29-31-59-49-25-21-40-9-1-5-13-45(40)53(49)55-47-15-7-3-11-42(47)23-27-51(55)61-35-37-17-19-39-20-18-38(34-44(39)33-37)36-62-52-28-24-43-12-4-8-16-48(43)56(52)54-46-14-6-2-10-41(46)22-26-50(54)60-32-30-58/h1-28,33-34,57-58H,29-32,35-36H2. The van der Waals surface area contributed by atoms with E-state index in [4.69, 9.17) is 18.9 Å². The van der Waals surface area contributed by atoms with Crippen molar-refractivity contribution in [3.05, 3.63) is 193 Å². The predicted molar refractivity (Wildman–Crippen MR) is 252 cm³/mol. The van der Waals surface area contributed by atoms with E-state index >= 15 is 0 Å². The molecule has 304 valence electrons. The third-order valence-corrected chi connectivity index (χ3v) is 11.5. The monoisotopic (exact) mass is 812 g/mol. The maximum atomic E-state index is 9.70. The molecule has 0 heterocycles. The fourth-order valence-electron chi connectivity index (χ4n) is 8.68. The summed E-state index contributed by atoms with van der Waals surface area (Å²) in [5, 5.41) is 30.2. The number of aliphatic hydroxyl groups is 2. The second-order valence-electron chi connectivity index (χ2n) is 15.4. The van der Waals surface area contributed by atoms with Crippen molar-refractivity contribution in [1.82, 2.24) is 0 Å². The van der Waals surface area contributed by atoms with Gasteiger partial charge in [-0.25, -0.2) is 0 Å². The molecule has 0 atom stereocenters. The Morgan fingerprint density at radius 1 is 0.290 bits per heavy atom. The highest BCUT2D eigenvalue weighted by Gasteiger charge is 2.21. The first kappa shape index (κ1) is 38.8. The summed E-state index contributed by atoms with van der Waals surface area (Å²) in [4.78, 5) is 0. The molecular formula is C56H44O6. The molecule has 62 heavy (non-hydrogen) atoms. The second-order valence-corrected chi connectivity index (χ2v) is 15.4. The number of hydrogen-bond acceptors (Lipinski definition) is 6. The molecule has 10 aromatic rings. The van der Waals surface area contributed by atoms with Gasteiger partial charge in [0.25, 0.3) is 0 Å². The number of benzene rings is 10. The van der Waals surface area contributed by atoms with Crippen molar-refractivity contribution in [3.63, 3.8) is 0 Å². The summed E-state index contributed by atoms with van der Waals surface area (Å²) >= 11 is 0. The van der Waals surface area contributed by atoms with Crippen LogP contribution in [0.4, 0.5) is 0 Å². The molecule has 0 fully saturated rings. The summed E-state index contributed by atoms with van der Waals surface area (Å²) in [6.07, 6.45) is 0. The summed E-state index contributed by atoms with van der Waals surface area (Å²) in [5.41, 5.74) is 5.86. The fraction of sp³-hybridized carbons (Fsp3) is 0.107. The van der Waals surface area contributed by atoms with Gasteiger partial charge in [0.15, 0.2) is 0 Å². The number of ether oxygens (including phenoxy) is 4. The van der Waals surface area contributed by atoms with Crippen LogP contribution < -0.4 is 18.9 Å². The van der Waals surface area contributed by atoms with Gasteiger partial charge in [-0.05, 0) is 101 Å².